The molecule has 0 aliphatic carbocycles. The van der Waals surface area contributed by atoms with Crippen LogP contribution in [0.3, 0.4) is 0 Å². The predicted octanol–water partition coefficient (Wildman–Crippen LogP) is 3.74. The van der Waals surface area contributed by atoms with Crippen molar-refractivity contribution in [2.75, 3.05) is 0 Å². The summed E-state index contributed by atoms with van der Waals surface area (Å²) in [7, 11) is 0. The van der Waals surface area contributed by atoms with Crippen LogP contribution in [0.5, 0.6) is 0 Å². The molecule has 70 valence electrons. The summed E-state index contributed by atoms with van der Waals surface area (Å²) in [5, 5.41) is 2.90. The van der Waals surface area contributed by atoms with E-state index in [0.717, 1.165) is 6.42 Å². The molecular formula is C11H15NO. The van der Waals surface area contributed by atoms with Crippen molar-refractivity contribution in [2.45, 2.75) is 33.1 Å². The summed E-state index contributed by atoms with van der Waals surface area (Å²) in [6.07, 6.45) is 3.50. The van der Waals surface area contributed by atoms with E-state index in [1.54, 1.807) is 6.07 Å². The van der Waals surface area contributed by atoms with Crippen LogP contribution in [-0.4, -0.2) is 0 Å². The van der Waals surface area contributed by atoms with Crippen LogP contribution in [0.15, 0.2) is 23.4 Å². The lowest BCUT2D eigenvalue weighted by atomic mass is 10.0. The van der Waals surface area contributed by atoms with E-state index in [2.05, 4.69) is 12.1 Å². The van der Waals surface area contributed by atoms with Crippen LogP contribution in [0, 0.1) is 11.8 Å². The van der Waals surface area contributed by atoms with Gasteiger partial charge in [-0.3, -0.25) is 0 Å². The minimum Gasteiger partial charge on any atom is -0.145 e. The SMILES string of the molecule is CCCCc1ccc(N=O)cc1C. The second-order valence-corrected chi connectivity index (χ2v) is 3.31. The standard InChI is InChI=1S/C11H15NO/c1-3-4-5-10-6-7-11(12-13)8-9(10)2/h6-8H,3-5H2,1-2H3. The van der Waals surface area contributed by atoms with Gasteiger partial charge in [-0.25, -0.2) is 0 Å². The molecule has 0 saturated carbocycles. The number of hydrogen-bond donors (Lipinski definition) is 0. The second kappa shape index (κ2) is 4.75. The highest BCUT2D eigenvalue weighted by atomic mass is 16.3. The molecule has 0 spiro atoms. The summed E-state index contributed by atoms with van der Waals surface area (Å²) < 4.78 is 0. The van der Waals surface area contributed by atoms with Gasteiger partial charge in [0.2, 0.25) is 0 Å². The van der Waals surface area contributed by atoms with Gasteiger partial charge in [-0.05, 0) is 48.2 Å². The fourth-order valence-electron chi connectivity index (χ4n) is 1.38. The van der Waals surface area contributed by atoms with Crippen molar-refractivity contribution in [3.8, 4) is 0 Å². The van der Waals surface area contributed by atoms with Crippen LogP contribution >= 0.6 is 0 Å². The molecule has 0 heterocycles. The number of benzene rings is 1. The zero-order valence-electron chi connectivity index (χ0n) is 8.21. The smallest absolute Gasteiger partial charge is 0.108 e. The van der Waals surface area contributed by atoms with Gasteiger partial charge in [-0.15, -0.1) is 4.91 Å². The van der Waals surface area contributed by atoms with Crippen LogP contribution in [0.2, 0.25) is 0 Å². The molecule has 0 aliphatic heterocycles. The van der Waals surface area contributed by atoms with Crippen molar-refractivity contribution in [3.63, 3.8) is 0 Å². The third-order valence-electron chi connectivity index (χ3n) is 2.23. The number of rotatable bonds is 4. The molecule has 0 bridgehead atoms. The van der Waals surface area contributed by atoms with E-state index in [1.165, 1.54) is 24.0 Å². The van der Waals surface area contributed by atoms with Crippen LogP contribution in [0.1, 0.15) is 30.9 Å². The summed E-state index contributed by atoms with van der Waals surface area (Å²) in [4.78, 5) is 10.2. The molecule has 2 nitrogen and oxygen atoms in total. The van der Waals surface area contributed by atoms with E-state index in [-0.39, 0.29) is 0 Å². The molecule has 2 heteroatoms. The fourth-order valence-corrected chi connectivity index (χ4v) is 1.38. The van der Waals surface area contributed by atoms with Crippen LogP contribution in [0.4, 0.5) is 5.69 Å². The molecule has 0 aliphatic rings. The van der Waals surface area contributed by atoms with Crippen molar-refractivity contribution in [1.29, 1.82) is 0 Å². The van der Waals surface area contributed by atoms with Gasteiger partial charge in [-0.1, -0.05) is 19.4 Å². The second-order valence-electron chi connectivity index (χ2n) is 3.31. The van der Waals surface area contributed by atoms with Crippen LogP contribution < -0.4 is 0 Å². The Morgan fingerprint density at radius 1 is 1.38 bits per heavy atom. The Labute approximate surface area is 79.0 Å². The lowest BCUT2D eigenvalue weighted by molar-refractivity contribution is 0.791. The van der Waals surface area contributed by atoms with E-state index in [4.69, 9.17) is 0 Å². The van der Waals surface area contributed by atoms with Crippen molar-refractivity contribution in [3.05, 3.63) is 34.2 Å². The number of nitroso groups, excluding NO2 is 1. The van der Waals surface area contributed by atoms with Gasteiger partial charge in [0.05, 0.1) is 0 Å². The number of aryl methyl sites for hydroxylation is 2. The third-order valence-corrected chi connectivity index (χ3v) is 2.23. The van der Waals surface area contributed by atoms with Gasteiger partial charge in [0.25, 0.3) is 0 Å². The van der Waals surface area contributed by atoms with E-state index >= 15 is 0 Å². The third kappa shape index (κ3) is 2.65. The normalized spacial score (nSPS) is 10.0. The molecule has 0 amide bonds. The van der Waals surface area contributed by atoms with E-state index in [0.29, 0.717) is 5.69 Å². The van der Waals surface area contributed by atoms with Crippen molar-refractivity contribution in [1.82, 2.24) is 0 Å². The molecule has 0 N–H and O–H groups in total. The molecule has 0 atom stereocenters. The average molecular weight is 177 g/mol. The first kappa shape index (κ1) is 9.90. The number of nitrogens with zero attached hydrogens (tertiary/aromatic N) is 1. The summed E-state index contributed by atoms with van der Waals surface area (Å²) in [6.45, 7) is 4.20. The summed E-state index contributed by atoms with van der Waals surface area (Å²) in [5.41, 5.74) is 3.03. The summed E-state index contributed by atoms with van der Waals surface area (Å²) in [6, 6.07) is 5.63. The lowest BCUT2D eigenvalue weighted by Gasteiger charge is -2.04. The molecule has 1 rings (SSSR count). The highest BCUT2D eigenvalue weighted by Crippen LogP contribution is 2.18. The van der Waals surface area contributed by atoms with Crippen molar-refractivity contribution >= 4 is 5.69 Å². The molecule has 0 aromatic heterocycles. The Bertz CT molecular complexity index is 294. The van der Waals surface area contributed by atoms with Crippen LogP contribution in [0.25, 0.3) is 0 Å². The van der Waals surface area contributed by atoms with Gasteiger partial charge < -0.3 is 0 Å². The maximum Gasteiger partial charge on any atom is 0.108 e. The van der Waals surface area contributed by atoms with Gasteiger partial charge in [0.1, 0.15) is 5.69 Å². The molecular weight excluding hydrogens is 162 g/mol. The first-order valence-corrected chi connectivity index (χ1v) is 4.70. The summed E-state index contributed by atoms with van der Waals surface area (Å²) in [5.74, 6) is 0. The fraction of sp³-hybridized carbons (Fsp3) is 0.455. The highest BCUT2D eigenvalue weighted by molar-refractivity contribution is 5.43. The van der Waals surface area contributed by atoms with E-state index in [9.17, 15) is 4.91 Å². The molecule has 1 aromatic carbocycles. The van der Waals surface area contributed by atoms with Crippen molar-refractivity contribution < 1.29 is 0 Å². The number of unbranched alkanes of at least 4 members (excludes halogenated alkanes) is 1. The van der Waals surface area contributed by atoms with Gasteiger partial charge >= 0.3 is 0 Å². The zero-order chi connectivity index (χ0) is 9.68. The Morgan fingerprint density at radius 2 is 2.15 bits per heavy atom. The van der Waals surface area contributed by atoms with Gasteiger partial charge in [0.15, 0.2) is 0 Å². The first-order valence-electron chi connectivity index (χ1n) is 4.70. The van der Waals surface area contributed by atoms with E-state index < -0.39 is 0 Å². The Kier molecular flexibility index (Phi) is 3.62. The molecule has 13 heavy (non-hydrogen) atoms. The predicted molar refractivity (Wildman–Crippen MR) is 55.2 cm³/mol. The number of hydrogen-bond acceptors (Lipinski definition) is 2. The average Bonchev–Trinajstić information content (AvgIpc) is 2.16. The molecule has 0 saturated heterocycles. The maximum absolute atomic E-state index is 10.2. The topological polar surface area (TPSA) is 29.4 Å². The molecule has 0 radical (unpaired) electrons. The zero-order valence-corrected chi connectivity index (χ0v) is 8.21. The lowest BCUT2D eigenvalue weighted by Crippen LogP contribution is -1.88. The minimum absolute atomic E-state index is 0.526. The minimum atomic E-state index is 0.526. The monoisotopic (exact) mass is 177 g/mol. The largest absolute Gasteiger partial charge is 0.145 e. The summed E-state index contributed by atoms with van der Waals surface area (Å²) >= 11 is 0. The van der Waals surface area contributed by atoms with Gasteiger partial charge in [0, 0.05) is 0 Å². The quantitative estimate of drug-likeness (QED) is 0.644. The Balaban J connectivity index is 2.79. The Hall–Kier alpha value is -1.18. The first-order chi connectivity index (χ1) is 6.27. The Morgan fingerprint density at radius 3 is 2.69 bits per heavy atom. The van der Waals surface area contributed by atoms with Gasteiger partial charge in [-0.2, -0.15) is 0 Å². The maximum atomic E-state index is 10.2. The van der Waals surface area contributed by atoms with Crippen molar-refractivity contribution in [2.24, 2.45) is 5.18 Å². The molecule has 1 aromatic rings. The molecule has 0 fully saturated rings. The van der Waals surface area contributed by atoms with E-state index in [1.807, 2.05) is 19.1 Å². The highest BCUT2D eigenvalue weighted by Gasteiger charge is 1.99. The molecule has 0 unspecified atom stereocenters. The van der Waals surface area contributed by atoms with Crippen LogP contribution in [-0.2, 0) is 6.42 Å².